The molecular formula is C25H31N3. The highest BCUT2D eigenvalue weighted by molar-refractivity contribution is 5.94. The average molecular weight is 374 g/mol. The SMILES string of the molecule is CCc1ccc2c(N3CCCC3)cc(-c3ccc(CCCNC)cc3)nc2c1. The fraction of sp³-hybridized carbons (Fsp3) is 0.400. The van der Waals surface area contributed by atoms with Gasteiger partial charge in [-0.1, -0.05) is 43.3 Å². The van der Waals surface area contributed by atoms with E-state index < -0.39 is 0 Å². The van der Waals surface area contributed by atoms with Crippen molar-refractivity contribution in [3.8, 4) is 11.3 Å². The summed E-state index contributed by atoms with van der Waals surface area (Å²) in [4.78, 5) is 7.59. The quantitative estimate of drug-likeness (QED) is 0.576. The Morgan fingerprint density at radius 1 is 0.964 bits per heavy atom. The molecule has 3 nitrogen and oxygen atoms in total. The summed E-state index contributed by atoms with van der Waals surface area (Å²) >= 11 is 0. The Morgan fingerprint density at radius 3 is 2.43 bits per heavy atom. The lowest BCUT2D eigenvalue weighted by molar-refractivity contribution is 0.725. The van der Waals surface area contributed by atoms with Crippen molar-refractivity contribution in [3.63, 3.8) is 0 Å². The van der Waals surface area contributed by atoms with Gasteiger partial charge in [-0.15, -0.1) is 0 Å². The zero-order valence-electron chi connectivity index (χ0n) is 17.2. The van der Waals surface area contributed by atoms with Crippen LogP contribution in [0.2, 0.25) is 0 Å². The molecule has 0 spiro atoms. The Labute approximate surface area is 168 Å². The van der Waals surface area contributed by atoms with E-state index in [9.17, 15) is 0 Å². The fourth-order valence-electron chi connectivity index (χ4n) is 4.15. The molecule has 1 aliphatic rings. The maximum atomic E-state index is 5.05. The number of fused-ring (bicyclic) bond motifs is 1. The third kappa shape index (κ3) is 4.05. The maximum Gasteiger partial charge on any atom is 0.0733 e. The van der Waals surface area contributed by atoms with Crippen molar-refractivity contribution in [2.45, 2.75) is 39.0 Å². The summed E-state index contributed by atoms with van der Waals surface area (Å²) in [6, 6.07) is 18.1. The molecule has 0 atom stereocenters. The number of rotatable bonds is 7. The zero-order valence-corrected chi connectivity index (χ0v) is 17.2. The van der Waals surface area contributed by atoms with Crippen LogP contribution in [0.4, 0.5) is 5.69 Å². The molecule has 3 heteroatoms. The van der Waals surface area contributed by atoms with Crippen molar-refractivity contribution in [2.75, 3.05) is 31.6 Å². The minimum atomic E-state index is 1.04. The summed E-state index contributed by atoms with van der Waals surface area (Å²) in [7, 11) is 2.01. The standard InChI is InChI=1S/C25H31N3/c1-3-19-10-13-22-24(17-19)27-23(18-25(22)28-15-4-5-16-28)21-11-8-20(9-12-21)7-6-14-26-2/h8-13,17-18,26H,3-7,14-16H2,1-2H3. The second-order valence-corrected chi connectivity index (χ2v) is 7.83. The lowest BCUT2D eigenvalue weighted by Gasteiger charge is -2.21. The van der Waals surface area contributed by atoms with Gasteiger partial charge in [0.15, 0.2) is 0 Å². The zero-order chi connectivity index (χ0) is 19.3. The van der Waals surface area contributed by atoms with Gasteiger partial charge in [-0.2, -0.15) is 0 Å². The number of hydrogen-bond donors (Lipinski definition) is 1. The van der Waals surface area contributed by atoms with Crippen LogP contribution in [0, 0.1) is 0 Å². The summed E-state index contributed by atoms with van der Waals surface area (Å²) < 4.78 is 0. The fourth-order valence-corrected chi connectivity index (χ4v) is 4.15. The normalized spacial score (nSPS) is 14.1. The van der Waals surface area contributed by atoms with Gasteiger partial charge in [0, 0.05) is 29.7 Å². The molecule has 2 aromatic carbocycles. The van der Waals surface area contributed by atoms with E-state index in [-0.39, 0.29) is 0 Å². The predicted octanol–water partition coefficient (Wildman–Crippen LogP) is 5.22. The van der Waals surface area contributed by atoms with Gasteiger partial charge in [0.1, 0.15) is 0 Å². The Hall–Kier alpha value is -2.39. The second kappa shape index (κ2) is 8.74. The molecule has 146 valence electrons. The van der Waals surface area contributed by atoms with E-state index in [1.54, 1.807) is 0 Å². The largest absolute Gasteiger partial charge is 0.371 e. The summed E-state index contributed by atoms with van der Waals surface area (Å²) in [6.45, 7) is 5.57. The van der Waals surface area contributed by atoms with E-state index in [0.29, 0.717) is 0 Å². The predicted molar refractivity (Wildman–Crippen MR) is 120 cm³/mol. The molecule has 0 unspecified atom stereocenters. The second-order valence-electron chi connectivity index (χ2n) is 7.83. The number of aromatic nitrogens is 1. The maximum absolute atomic E-state index is 5.05. The van der Waals surface area contributed by atoms with Crippen LogP contribution in [0.15, 0.2) is 48.5 Å². The number of aryl methyl sites for hydroxylation is 2. The smallest absolute Gasteiger partial charge is 0.0733 e. The minimum Gasteiger partial charge on any atom is -0.371 e. The van der Waals surface area contributed by atoms with Crippen LogP contribution in [0.25, 0.3) is 22.2 Å². The average Bonchev–Trinajstić information content (AvgIpc) is 3.28. The number of hydrogen-bond acceptors (Lipinski definition) is 3. The van der Waals surface area contributed by atoms with Crippen molar-refractivity contribution in [3.05, 3.63) is 59.7 Å². The molecule has 0 amide bonds. The van der Waals surface area contributed by atoms with Crippen molar-refractivity contribution in [1.29, 1.82) is 0 Å². The Morgan fingerprint density at radius 2 is 1.71 bits per heavy atom. The highest BCUT2D eigenvalue weighted by Crippen LogP contribution is 2.33. The van der Waals surface area contributed by atoms with Gasteiger partial charge in [-0.3, -0.25) is 0 Å². The van der Waals surface area contributed by atoms with Gasteiger partial charge in [-0.25, -0.2) is 4.98 Å². The molecule has 1 aromatic heterocycles. The Kier molecular flexibility index (Phi) is 5.92. The lowest BCUT2D eigenvalue weighted by Crippen LogP contribution is -2.18. The van der Waals surface area contributed by atoms with E-state index in [4.69, 9.17) is 4.98 Å². The number of nitrogens with zero attached hydrogens (tertiary/aromatic N) is 2. The van der Waals surface area contributed by atoms with Crippen molar-refractivity contribution < 1.29 is 0 Å². The molecule has 1 saturated heterocycles. The van der Waals surface area contributed by atoms with Gasteiger partial charge in [-0.05, 0) is 69.0 Å². The van der Waals surface area contributed by atoms with E-state index >= 15 is 0 Å². The van der Waals surface area contributed by atoms with Gasteiger partial charge in [0.2, 0.25) is 0 Å². The van der Waals surface area contributed by atoms with Crippen molar-refractivity contribution in [2.24, 2.45) is 0 Å². The van der Waals surface area contributed by atoms with Crippen LogP contribution < -0.4 is 10.2 Å². The van der Waals surface area contributed by atoms with Crippen LogP contribution in [0.3, 0.4) is 0 Å². The van der Waals surface area contributed by atoms with Crippen molar-refractivity contribution >= 4 is 16.6 Å². The summed E-state index contributed by atoms with van der Waals surface area (Å²) in [5.74, 6) is 0. The molecule has 0 saturated carbocycles. The van der Waals surface area contributed by atoms with Gasteiger partial charge in [0.25, 0.3) is 0 Å². The third-order valence-corrected chi connectivity index (χ3v) is 5.85. The van der Waals surface area contributed by atoms with Crippen LogP contribution in [0.5, 0.6) is 0 Å². The topological polar surface area (TPSA) is 28.2 Å². The van der Waals surface area contributed by atoms with Crippen LogP contribution in [0.1, 0.15) is 37.3 Å². The van der Waals surface area contributed by atoms with E-state index in [1.807, 2.05) is 7.05 Å². The molecule has 0 bridgehead atoms. The number of benzene rings is 2. The monoisotopic (exact) mass is 373 g/mol. The first-order chi connectivity index (χ1) is 13.8. The molecule has 3 aromatic rings. The molecule has 0 aliphatic carbocycles. The van der Waals surface area contributed by atoms with Crippen LogP contribution in [-0.4, -0.2) is 31.7 Å². The molecule has 2 heterocycles. The molecule has 1 N–H and O–H groups in total. The number of pyridine rings is 1. The highest BCUT2D eigenvalue weighted by atomic mass is 15.1. The van der Waals surface area contributed by atoms with Crippen LogP contribution in [-0.2, 0) is 12.8 Å². The highest BCUT2D eigenvalue weighted by Gasteiger charge is 2.17. The van der Waals surface area contributed by atoms with Gasteiger partial charge in [0.05, 0.1) is 11.2 Å². The summed E-state index contributed by atoms with van der Waals surface area (Å²) in [6.07, 6.45) is 5.90. The third-order valence-electron chi connectivity index (χ3n) is 5.85. The molecule has 4 rings (SSSR count). The Bertz CT molecular complexity index is 924. The van der Waals surface area contributed by atoms with Crippen molar-refractivity contribution in [1.82, 2.24) is 10.3 Å². The van der Waals surface area contributed by atoms with E-state index in [0.717, 1.165) is 43.7 Å². The molecule has 1 aliphatic heterocycles. The molecule has 1 fully saturated rings. The lowest BCUT2D eigenvalue weighted by atomic mass is 10.0. The summed E-state index contributed by atoms with van der Waals surface area (Å²) in [5, 5.41) is 4.50. The number of anilines is 1. The molecule has 0 radical (unpaired) electrons. The first-order valence-electron chi connectivity index (χ1n) is 10.7. The van der Waals surface area contributed by atoms with E-state index in [2.05, 4.69) is 65.7 Å². The first kappa shape index (κ1) is 18.9. The minimum absolute atomic E-state index is 1.04. The Balaban J connectivity index is 1.71. The number of nitrogens with one attached hydrogen (secondary N) is 1. The van der Waals surface area contributed by atoms with E-state index in [1.165, 1.54) is 47.0 Å². The molecule has 28 heavy (non-hydrogen) atoms. The van der Waals surface area contributed by atoms with Crippen LogP contribution >= 0.6 is 0 Å². The van der Waals surface area contributed by atoms with Gasteiger partial charge >= 0.3 is 0 Å². The summed E-state index contributed by atoms with van der Waals surface area (Å²) in [5.41, 5.74) is 7.51. The first-order valence-corrected chi connectivity index (χ1v) is 10.7. The van der Waals surface area contributed by atoms with Gasteiger partial charge < -0.3 is 10.2 Å². The molecular weight excluding hydrogens is 342 g/mol.